The highest BCUT2D eigenvalue weighted by Crippen LogP contribution is 2.29. The van der Waals surface area contributed by atoms with Crippen LogP contribution in [-0.2, 0) is 20.7 Å². The predicted octanol–water partition coefficient (Wildman–Crippen LogP) is 2.32. The van der Waals surface area contributed by atoms with Crippen molar-refractivity contribution < 1.29 is 23.9 Å². The van der Waals surface area contributed by atoms with E-state index in [2.05, 4.69) is 20.8 Å². The summed E-state index contributed by atoms with van der Waals surface area (Å²) in [7, 11) is 0. The maximum Gasteiger partial charge on any atom is 0.351 e. The summed E-state index contributed by atoms with van der Waals surface area (Å²) in [5, 5.41) is 15.5. The van der Waals surface area contributed by atoms with Gasteiger partial charge in [-0.2, -0.15) is 4.68 Å². The molecule has 0 radical (unpaired) electrons. The van der Waals surface area contributed by atoms with Gasteiger partial charge in [-0.05, 0) is 41.3 Å². The van der Waals surface area contributed by atoms with Crippen molar-refractivity contribution in [1.82, 2.24) is 20.2 Å². The number of ether oxygens (including phenoxy) is 2. The van der Waals surface area contributed by atoms with Gasteiger partial charge >= 0.3 is 11.9 Å². The van der Waals surface area contributed by atoms with Crippen LogP contribution in [0.2, 0.25) is 0 Å². The number of hydrogen-bond acceptors (Lipinski definition) is 10. The van der Waals surface area contributed by atoms with E-state index in [9.17, 15) is 14.4 Å². The Hall–Kier alpha value is -3.12. The quantitative estimate of drug-likeness (QED) is 0.534. The molecule has 0 aliphatic heterocycles. The molecular weight excluding hydrogens is 418 g/mol. The van der Waals surface area contributed by atoms with Crippen LogP contribution in [0.4, 0.5) is 5.00 Å². The molecule has 3 aromatic rings. The highest BCUT2D eigenvalue weighted by molar-refractivity contribution is 7.16. The maximum absolute atomic E-state index is 12.3. The van der Waals surface area contributed by atoms with Crippen LogP contribution in [0, 0.1) is 0 Å². The molecule has 0 bridgehead atoms. The van der Waals surface area contributed by atoms with Crippen LogP contribution in [0.3, 0.4) is 0 Å². The molecule has 0 atom stereocenters. The van der Waals surface area contributed by atoms with E-state index in [0.29, 0.717) is 17.1 Å². The summed E-state index contributed by atoms with van der Waals surface area (Å²) < 4.78 is 11.5. The molecular formula is C17H17N5O5S2. The lowest BCUT2D eigenvalue weighted by Gasteiger charge is -2.07. The number of nitrogens with zero attached hydrogens (tertiary/aromatic N) is 4. The zero-order valence-electron chi connectivity index (χ0n) is 15.6. The van der Waals surface area contributed by atoms with Gasteiger partial charge in [-0.1, -0.05) is 6.92 Å². The smallest absolute Gasteiger partial charge is 0.351 e. The zero-order valence-corrected chi connectivity index (χ0v) is 17.2. The van der Waals surface area contributed by atoms with Gasteiger partial charge < -0.3 is 14.8 Å². The molecule has 10 nitrogen and oxygen atoms in total. The number of anilines is 1. The number of carbonyl (C=O) groups excluding carboxylic acids is 3. The number of hydrogen-bond donors (Lipinski definition) is 1. The SMILES string of the molecule is CCOC(=O)c1cc(CC)sc1NC(=O)COC(=O)c1sccc1-n1cnnn1. The van der Waals surface area contributed by atoms with Gasteiger partial charge in [-0.15, -0.1) is 27.8 Å². The number of aryl methyl sites for hydroxylation is 1. The second-order valence-corrected chi connectivity index (χ2v) is 7.60. The molecule has 29 heavy (non-hydrogen) atoms. The summed E-state index contributed by atoms with van der Waals surface area (Å²) in [5.41, 5.74) is 0.744. The predicted molar refractivity (Wildman–Crippen MR) is 106 cm³/mol. The molecule has 0 aromatic carbocycles. The highest BCUT2D eigenvalue weighted by atomic mass is 32.1. The fourth-order valence-electron chi connectivity index (χ4n) is 2.34. The van der Waals surface area contributed by atoms with Gasteiger partial charge in [0.25, 0.3) is 5.91 Å². The minimum absolute atomic E-state index is 0.228. The Morgan fingerprint density at radius 3 is 2.72 bits per heavy atom. The van der Waals surface area contributed by atoms with Gasteiger partial charge in [0.05, 0.1) is 17.9 Å². The van der Waals surface area contributed by atoms with Crippen molar-refractivity contribution in [1.29, 1.82) is 0 Å². The van der Waals surface area contributed by atoms with E-state index in [4.69, 9.17) is 9.47 Å². The molecule has 0 fully saturated rings. The van der Waals surface area contributed by atoms with E-state index in [1.165, 1.54) is 22.3 Å². The lowest BCUT2D eigenvalue weighted by molar-refractivity contribution is -0.119. The first kappa shape index (κ1) is 20.6. The minimum Gasteiger partial charge on any atom is -0.462 e. The number of nitrogens with one attached hydrogen (secondary N) is 1. The Bertz CT molecular complexity index is 1010. The van der Waals surface area contributed by atoms with Gasteiger partial charge in [0, 0.05) is 4.88 Å². The number of esters is 2. The Labute approximate surface area is 173 Å². The van der Waals surface area contributed by atoms with Crippen molar-refractivity contribution in [2.24, 2.45) is 0 Å². The minimum atomic E-state index is -0.674. The Morgan fingerprint density at radius 2 is 2.03 bits per heavy atom. The molecule has 3 rings (SSSR count). The molecule has 0 aliphatic rings. The van der Waals surface area contributed by atoms with E-state index < -0.39 is 24.5 Å². The summed E-state index contributed by atoms with van der Waals surface area (Å²) in [6, 6.07) is 3.36. The third kappa shape index (κ3) is 4.84. The molecule has 1 N–H and O–H groups in total. The molecule has 152 valence electrons. The van der Waals surface area contributed by atoms with Gasteiger partial charge in [0.15, 0.2) is 6.61 Å². The van der Waals surface area contributed by atoms with Crippen LogP contribution in [0.25, 0.3) is 5.69 Å². The molecule has 1 amide bonds. The van der Waals surface area contributed by atoms with Crippen molar-refractivity contribution in [2.45, 2.75) is 20.3 Å². The van der Waals surface area contributed by atoms with E-state index in [-0.39, 0.29) is 17.0 Å². The normalized spacial score (nSPS) is 10.6. The number of rotatable bonds is 8. The third-order valence-electron chi connectivity index (χ3n) is 3.64. The molecule has 3 heterocycles. The fraction of sp³-hybridized carbons (Fsp3) is 0.294. The molecule has 0 unspecified atom stereocenters. The van der Waals surface area contributed by atoms with Gasteiger partial charge in [-0.25, -0.2) is 9.59 Å². The van der Waals surface area contributed by atoms with Crippen molar-refractivity contribution in [3.63, 3.8) is 0 Å². The molecule has 3 aromatic heterocycles. The second kappa shape index (κ2) is 9.39. The van der Waals surface area contributed by atoms with Crippen molar-refractivity contribution in [3.05, 3.63) is 39.2 Å². The highest BCUT2D eigenvalue weighted by Gasteiger charge is 2.21. The standard InChI is InChI=1S/C17H17N5O5S2/c1-3-10-7-11(16(24)26-4-2)15(29-10)19-13(23)8-27-17(25)14-12(5-6-28-14)22-9-18-20-21-22/h5-7,9H,3-4,8H2,1-2H3,(H,19,23). The first-order valence-electron chi connectivity index (χ1n) is 8.61. The number of aromatic nitrogens is 4. The largest absolute Gasteiger partial charge is 0.462 e. The summed E-state index contributed by atoms with van der Waals surface area (Å²) in [6.07, 6.45) is 2.06. The fourth-order valence-corrected chi connectivity index (χ4v) is 4.11. The van der Waals surface area contributed by atoms with Gasteiger partial charge in [0.2, 0.25) is 0 Å². The topological polar surface area (TPSA) is 125 Å². The van der Waals surface area contributed by atoms with Crippen molar-refractivity contribution in [2.75, 3.05) is 18.5 Å². The summed E-state index contributed by atoms with van der Waals surface area (Å²) in [6.45, 7) is 3.37. The second-order valence-electron chi connectivity index (χ2n) is 5.54. The average molecular weight is 435 g/mol. The first-order valence-corrected chi connectivity index (χ1v) is 10.3. The van der Waals surface area contributed by atoms with E-state index in [0.717, 1.165) is 16.2 Å². The monoisotopic (exact) mass is 435 g/mol. The number of thiophene rings is 2. The van der Waals surface area contributed by atoms with Gasteiger partial charge in [-0.3, -0.25) is 4.79 Å². The number of tetrazole rings is 1. The van der Waals surface area contributed by atoms with Crippen molar-refractivity contribution in [3.8, 4) is 5.69 Å². The lowest BCUT2D eigenvalue weighted by Crippen LogP contribution is -2.21. The van der Waals surface area contributed by atoms with Crippen molar-refractivity contribution >= 4 is 45.5 Å². The number of amides is 1. The summed E-state index contributed by atoms with van der Waals surface area (Å²) >= 11 is 2.43. The Balaban J connectivity index is 1.64. The van der Waals surface area contributed by atoms with Crippen LogP contribution in [0.15, 0.2) is 23.8 Å². The van der Waals surface area contributed by atoms with E-state index >= 15 is 0 Å². The Kier molecular flexibility index (Phi) is 6.67. The maximum atomic E-state index is 12.3. The summed E-state index contributed by atoms with van der Waals surface area (Å²) in [4.78, 5) is 37.9. The van der Waals surface area contributed by atoms with Crippen LogP contribution in [0.5, 0.6) is 0 Å². The molecule has 0 aliphatic carbocycles. The van der Waals surface area contributed by atoms with Gasteiger partial charge in [0.1, 0.15) is 16.2 Å². The zero-order chi connectivity index (χ0) is 20.8. The van der Waals surface area contributed by atoms with E-state index in [1.807, 2.05) is 6.92 Å². The molecule has 0 saturated heterocycles. The van der Waals surface area contributed by atoms with Crippen LogP contribution in [0.1, 0.15) is 38.8 Å². The molecule has 0 spiro atoms. The van der Waals surface area contributed by atoms with E-state index in [1.54, 1.807) is 24.4 Å². The Morgan fingerprint density at radius 1 is 1.21 bits per heavy atom. The average Bonchev–Trinajstić information content (AvgIpc) is 3.45. The molecule has 12 heteroatoms. The van der Waals surface area contributed by atoms with Crippen LogP contribution < -0.4 is 5.32 Å². The first-order chi connectivity index (χ1) is 14.0. The third-order valence-corrected chi connectivity index (χ3v) is 5.72. The lowest BCUT2D eigenvalue weighted by atomic mass is 10.2. The number of carbonyl (C=O) groups is 3. The van der Waals surface area contributed by atoms with Crippen LogP contribution in [-0.4, -0.2) is 51.3 Å². The summed E-state index contributed by atoms with van der Waals surface area (Å²) in [5.74, 6) is -1.75. The van der Waals surface area contributed by atoms with Crippen LogP contribution >= 0.6 is 22.7 Å². The molecule has 0 saturated carbocycles.